The van der Waals surface area contributed by atoms with Gasteiger partial charge in [-0.15, -0.1) is 11.3 Å². The predicted octanol–water partition coefficient (Wildman–Crippen LogP) is 3.30. The predicted molar refractivity (Wildman–Crippen MR) is 108 cm³/mol. The SMILES string of the molecule is O=C(Nc1cc(C2=CCN(C(=O)c3cscn3)CC2)c2cc[nH]c2n1)C1CC1. The zero-order chi connectivity index (χ0) is 19.1. The molecular weight excluding hydrogens is 374 g/mol. The van der Waals surface area contributed by atoms with E-state index in [2.05, 4.69) is 26.3 Å². The third kappa shape index (κ3) is 3.20. The molecule has 2 amide bonds. The van der Waals surface area contributed by atoms with Crippen LogP contribution >= 0.6 is 11.3 Å². The Morgan fingerprint density at radius 3 is 2.93 bits per heavy atom. The quantitative estimate of drug-likeness (QED) is 0.712. The zero-order valence-corrected chi connectivity index (χ0v) is 16.0. The molecule has 1 saturated carbocycles. The van der Waals surface area contributed by atoms with Gasteiger partial charge in [0.15, 0.2) is 0 Å². The molecule has 2 aliphatic rings. The van der Waals surface area contributed by atoms with E-state index >= 15 is 0 Å². The van der Waals surface area contributed by atoms with Crippen LogP contribution in [0.1, 0.15) is 35.3 Å². The van der Waals surface area contributed by atoms with Gasteiger partial charge in [-0.2, -0.15) is 0 Å². The lowest BCUT2D eigenvalue weighted by molar-refractivity contribution is -0.117. The van der Waals surface area contributed by atoms with Crippen molar-refractivity contribution in [3.05, 3.63) is 46.6 Å². The number of carbonyl (C=O) groups is 2. The van der Waals surface area contributed by atoms with Crippen LogP contribution in [0.4, 0.5) is 5.82 Å². The molecule has 3 aromatic heterocycles. The Labute approximate surface area is 165 Å². The van der Waals surface area contributed by atoms with Crippen LogP contribution in [0.25, 0.3) is 16.6 Å². The number of thiazole rings is 1. The third-order valence-corrected chi connectivity index (χ3v) is 5.81. The number of H-pyrrole nitrogens is 1. The van der Waals surface area contributed by atoms with Crippen LogP contribution in [-0.4, -0.2) is 44.8 Å². The second-order valence-corrected chi connectivity index (χ2v) is 7.88. The highest BCUT2D eigenvalue weighted by atomic mass is 32.1. The summed E-state index contributed by atoms with van der Waals surface area (Å²) in [7, 11) is 0. The Bertz CT molecular complexity index is 1080. The van der Waals surface area contributed by atoms with Gasteiger partial charge < -0.3 is 15.2 Å². The Morgan fingerprint density at radius 2 is 2.21 bits per heavy atom. The van der Waals surface area contributed by atoms with Crippen molar-refractivity contribution in [2.75, 3.05) is 18.4 Å². The highest BCUT2D eigenvalue weighted by Crippen LogP contribution is 2.33. The highest BCUT2D eigenvalue weighted by molar-refractivity contribution is 7.07. The molecule has 2 N–H and O–H groups in total. The van der Waals surface area contributed by atoms with Crippen molar-refractivity contribution in [1.82, 2.24) is 19.9 Å². The summed E-state index contributed by atoms with van der Waals surface area (Å²) >= 11 is 1.43. The van der Waals surface area contributed by atoms with Crippen molar-refractivity contribution in [2.45, 2.75) is 19.3 Å². The van der Waals surface area contributed by atoms with E-state index in [1.54, 1.807) is 10.9 Å². The standard InChI is InChI=1S/C20H19N5O2S/c26-19(13-1-2-13)24-17-9-15(14-3-6-21-18(14)23-17)12-4-7-25(8-5-12)20(27)16-10-28-11-22-16/h3-4,6,9-11,13H,1-2,5,7-8H2,(H2,21,23,24,26). The van der Waals surface area contributed by atoms with Crippen LogP contribution in [0.5, 0.6) is 0 Å². The van der Waals surface area contributed by atoms with Gasteiger partial charge in [0.25, 0.3) is 5.91 Å². The summed E-state index contributed by atoms with van der Waals surface area (Å²) in [5.41, 5.74) is 5.15. The number of nitrogens with zero attached hydrogens (tertiary/aromatic N) is 3. The molecule has 142 valence electrons. The fraction of sp³-hybridized carbons (Fsp3) is 0.300. The van der Waals surface area contributed by atoms with Crippen molar-refractivity contribution in [2.24, 2.45) is 5.92 Å². The fourth-order valence-corrected chi connectivity index (χ4v) is 4.05. The van der Waals surface area contributed by atoms with Gasteiger partial charge in [0.1, 0.15) is 17.2 Å². The first kappa shape index (κ1) is 17.1. The molecule has 28 heavy (non-hydrogen) atoms. The number of rotatable bonds is 4. The number of carbonyl (C=O) groups excluding carboxylic acids is 2. The Balaban J connectivity index is 1.41. The van der Waals surface area contributed by atoms with Gasteiger partial charge in [-0.05, 0) is 42.5 Å². The molecule has 0 unspecified atom stereocenters. The number of aromatic nitrogens is 3. The van der Waals surface area contributed by atoms with Gasteiger partial charge in [-0.3, -0.25) is 9.59 Å². The van der Waals surface area contributed by atoms with Crippen LogP contribution in [0.15, 0.2) is 35.3 Å². The number of amides is 2. The Hall–Kier alpha value is -3.00. The van der Waals surface area contributed by atoms with Crippen molar-refractivity contribution in [1.29, 1.82) is 0 Å². The summed E-state index contributed by atoms with van der Waals surface area (Å²) in [6.45, 7) is 1.18. The molecule has 1 aliphatic heterocycles. The molecule has 0 aromatic carbocycles. The van der Waals surface area contributed by atoms with Crippen LogP contribution in [0.3, 0.4) is 0 Å². The lowest BCUT2D eigenvalue weighted by Gasteiger charge is -2.26. The lowest BCUT2D eigenvalue weighted by Crippen LogP contribution is -2.34. The van der Waals surface area contributed by atoms with Crippen molar-refractivity contribution < 1.29 is 9.59 Å². The van der Waals surface area contributed by atoms with Crippen LogP contribution in [-0.2, 0) is 4.79 Å². The maximum atomic E-state index is 12.5. The molecule has 7 nitrogen and oxygen atoms in total. The summed E-state index contributed by atoms with van der Waals surface area (Å²) in [5, 5.41) is 5.75. The van der Waals surface area contributed by atoms with Gasteiger partial charge in [0.05, 0.1) is 5.51 Å². The van der Waals surface area contributed by atoms with E-state index in [0.29, 0.717) is 24.6 Å². The molecule has 0 bridgehead atoms. The maximum absolute atomic E-state index is 12.5. The number of fused-ring (bicyclic) bond motifs is 1. The summed E-state index contributed by atoms with van der Waals surface area (Å²) in [6.07, 6.45) is 6.60. The smallest absolute Gasteiger partial charge is 0.273 e. The first-order valence-electron chi connectivity index (χ1n) is 9.35. The largest absolute Gasteiger partial charge is 0.346 e. The molecule has 1 fully saturated rings. The molecule has 8 heteroatoms. The molecule has 0 atom stereocenters. The summed E-state index contributed by atoms with van der Waals surface area (Å²) in [6, 6.07) is 3.94. The normalized spacial score (nSPS) is 16.9. The second-order valence-electron chi connectivity index (χ2n) is 7.16. The Morgan fingerprint density at radius 1 is 1.32 bits per heavy atom. The number of nitrogens with one attached hydrogen (secondary N) is 2. The van der Waals surface area contributed by atoms with Gasteiger partial charge in [-0.1, -0.05) is 6.08 Å². The molecule has 0 spiro atoms. The van der Waals surface area contributed by atoms with Crippen molar-refractivity contribution >= 4 is 45.6 Å². The molecular formula is C20H19N5O2S. The average molecular weight is 393 g/mol. The second kappa shape index (κ2) is 6.87. The molecule has 3 aromatic rings. The van der Waals surface area contributed by atoms with E-state index in [4.69, 9.17) is 0 Å². The number of anilines is 1. The minimum absolute atomic E-state index is 0.0320. The third-order valence-electron chi connectivity index (χ3n) is 5.22. The van der Waals surface area contributed by atoms with Gasteiger partial charge in [0.2, 0.25) is 5.91 Å². The van der Waals surface area contributed by atoms with Crippen LogP contribution in [0, 0.1) is 5.92 Å². The Kier molecular flexibility index (Phi) is 4.20. The molecule has 5 rings (SSSR count). The van der Waals surface area contributed by atoms with E-state index in [1.807, 2.05) is 23.2 Å². The van der Waals surface area contributed by atoms with Gasteiger partial charge in [0, 0.05) is 36.0 Å². The summed E-state index contributed by atoms with van der Waals surface area (Å²) < 4.78 is 0. The van der Waals surface area contributed by atoms with Crippen LogP contribution < -0.4 is 5.32 Å². The topological polar surface area (TPSA) is 91.0 Å². The number of aromatic amines is 1. The fourth-order valence-electron chi connectivity index (χ4n) is 3.52. The zero-order valence-electron chi connectivity index (χ0n) is 15.1. The number of pyridine rings is 1. The molecule has 0 saturated heterocycles. The summed E-state index contributed by atoms with van der Waals surface area (Å²) in [5.74, 6) is 0.713. The number of hydrogen-bond acceptors (Lipinski definition) is 5. The van der Waals surface area contributed by atoms with E-state index in [9.17, 15) is 9.59 Å². The molecule has 0 radical (unpaired) electrons. The monoisotopic (exact) mass is 393 g/mol. The highest BCUT2D eigenvalue weighted by Gasteiger charge is 2.30. The van der Waals surface area contributed by atoms with E-state index in [0.717, 1.165) is 41.4 Å². The molecule has 1 aliphatic carbocycles. The van der Waals surface area contributed by atoms with E-state index in [1.165, 1.54) is 11.3 Å². The van der Waals surface area contributed by atoms with Crippen molar-refractivity contribution in [3.8, 4) is 0 Å². The van der Waals surface area contributed by atoms with Gasteiger partial charge in [-0.25, -0.2) is 9.97 Å². The first-order chi connectivity index (χ1) is 13.7. The van der Waals surface area contributed by atoms with Crippen LogP contribution in [0.2, 0.25) is 0 Å². The first-order valence-corrected chi connectivity index (χ1v) is 10.3. The van der Waals surface area contributed by atoms with Gasteiger partial charge >= 0.3 is 0 Å². The van der Waals surface area contributed by atoms with Crippen molar-refractivity contribution in [3.63, 3.8) is 0 Å². The minimum atomic E-state index is -0.0320. The molecule has 4 heterocycles. The lowest BCUT2D eigenvalue weighted by atomic mass is 9.97. The average Bonchev–Trinajstić information content (AvgIpc) is 3.22. The summed E-state index contributed by atoms with van der Waals surface area (Å²) in [4.78, 5) is 38.2. The minimum Gasteiger partial charge on any atom is -0.346 e. The number of hydrogen-bond donors (Lipinski definition) is 2. The maximum Gasteiger partial charge on any atom is 0.273 e. The van der Waals surface area contributed by atoms with E-state index in [-0.39, 0.29) is 17.7 Å². The van der Waals surface area contributed by atoms with E-state index < -0.39 is 0 Å².